The highest BCUT2D eigenvalue weighted by Gasteiger charge is 2.09. The molecule has 0 N–H and O–H groups in total. The third kappa shape index (κ3) is 5.37. The number of rotatable bonds is 7. The number of hydrogen-bond acceptors (Lipinski definition) is 0. The second-order valence-electron chi connectivity index (χ2n) is 6.76. The van der Waals surface area contributed by atoms with Crippen molar-refractivity contribution >= 4 is 12.2 Å². The first-order chi connectivity index (χ1) is 13.2. The van der Waals surface area contributed by atoms with Gasteiger partial charge in [-0.15, -0.1) is 0 Å². The molecule has 0 spiro atoms. The molecule has 1 atom stereocenters. The summed E-state index contributed by atoms with van der Waals surface area (Å²) in [6.07, 6.45) is 4.89. The van der Waals surface area contributed by atoms with Gasteiger partial charge in [-0.2, -0.15) is 0 Å². The molecule has 3 aromatic carbocycles. The van der Waals surface area contributed by atoms with Gasteiger partial charge in [-0.25, -0.2) is 8.78 Å². The summed E-state index contributed by atoms with van der Waals surface area (Å²) in [6, 6.07) is 22.4. The summed E-state index contributed by atoms with van der Waals surface area (Å²) < 4.78 is 28.4. The zero-order valence-electron chi connectivity index (χ0n) is 15.5. The smallest absolute Gasteiger partial charge is 0.129 e. The highest BCUT2D eigenvalue weighted by Crippen LogP contribution is 2.22. The van der Waals surface area contributed by atoms with Crippen molar-refractivity contribution in [3.63, 3.8) is 0 Å². The van der Waals surface area contributed by atoms with Crippen molar-refractivity contribution in [1.82, 2.24) is 0 Å². The van der Waals surface area contributed by atoms with Gasteiger partial charge < -0.3 is 0 Å². The van der Waals surface area contributed by atoms with Crippen LogP contribution in [-0.4, -0.2) is 0 Å². The van der Waals surface area contributed by atoms with E-state index in [9.17, 15) is 8.78 Å². The highest BCUT2D eigenvalue weighted by molar-refractivity contribution is 5.69. The fraction of sp³-hybridized carbons (Fsp3) is 0.200. The van der Waals surface area contributed by atoms with Gasteiger partial charge in [0.1, 0.15) is 12.0 Å². The Morgan fingerprint density at radius 1 is 0.852 bits per heavy atom. The van der Waals surface area contributed by atoms with Gasteiger partial charge in [0, 0.05) is 6.42 Å². The highest BCUT2D eigenvalue weighted by atomic mass is 19.1. The van der Waals surface area contributed by atoms with Crippen LogP contribution in [0, 0.1) is 5.82 Å². The number of hydrogen-bond donors (Lipinski definition) is 0. The SMILES string of the molecule is CCCc1ccc(C=Cc2ccc(C[C@H](F)c3ccccc3)cc2)cc1F. The molecule has 0 amide bonds. The summed E-state index contributed by atoms with van der Waals surface area (Å²) in [5.74, 6) is -0.149. The molecule has 27 heavy (non-hydrogen) atoms. The average Bonchev–Trinajstić information content (AvgIpc) is 2.70. The van der Waals surface area contributed by atoms with Crippen molar-refractivity contribution in [3.8, 4) is 0 Å². The minimum Gasteiger partial charge on any atom is -0.242 e. The largest absolute Gasteiger partial charge is 0.242 e. The Kier molecular flexibility index (Phi) is 6.54. The molecule has 0 aliphatic heterocycles. The standard InChI is InChI=1S/C25H24F2/c1-2-6-22-16-15-21(18-24(22)26)14-11-19-9-12-20(13-10-19)17-25(27)23-7-4-3-5-8-23/h3-5,7-16,18,25H,2,6,17H2,1H3/t25-/m0/s1. The van der Waals surface area contributed by atoms with Crippen molar-refractivity contribution in [1.29, 1.82) is 0 Å². The van der Waals surface area contributed by atoms with Crippen LogP contribution in [0.2, 0.25) is 0 Å². The minimum atomic E-state index is -1.00. The van der Waals surface area contributed by atoms with Crippen molar-refractivity contribution in [3.05, 3.63) is 106 Å². The molecule has 3 aromatic rings. The summed E-state index contributed by atoms with van der Waals surface area (Å²) in [7, 11) is 0. The Morgan fingerprint density at radius 3 is 2.19 bits per heavy atom. The van der Waals surface area contributed by atoms with E-state index in [1.807, 2.05) is 85.8 Å². The van der Waals surface area contributed by atoms with E-state index in [0.717, 1.165) is 35.1 Å². The predicted octanol–water partition coefficient (Wildman–Crippen LogP) is 7.20. The normalized spacial score (nSPS) is 12.4. The van der Waals surface area contributed by atoms with Crippen molar-refractivity contribution in [2.24, 2.45) is 0 Å². The van der Waals surface area contributed by atoms with Crippen LogP contribution >= 0.6 is 0 Å². The molecule has 0 aliphatic carbocycles. The molecular weight excluding hydrogens is 338 g/mol. The first-order valence-electron chi connectivity index (χ1n) is 9.40. The topological polar surface area (TPSA) is 0 Å². The minimum absolute atomic E-state index is 0.149. The molecule has 0 saturated carbocycles. The third-order valence-corrected chi connectivity index (χ3v) is 4.62. The molecule has 2 heteroatoms. The lowest BCUT2D eigenvalue weighted by atomic mass is 10.0. The maximum absolute atomic E-state index is 14.4. The Hall–Kier alpha value is -2.74. The van der Waals surface area contributed by atoms with Gasteiger partial charge in [-0.05, 0) is 40.3 Å². The van der Waals surface area contributed by atoms with Gasteiger partial charge >= 0.3 is 0 Å². The lowest BCUT2D eigenvalue weighted by molar-refractivity contribution is 0.342. The molecule has 0 radical (unpaired) electrons. The van der Waals surface area contributed by atoms with Crippen LogP contribution in [0.3, 0.4) is 0 Å². The van der Waals surface area contributed by atoms with Gasteiger partial charge in [0.25, 0.3) is 0 Å². The maximum Gasteiger partial charge on any atom is 0.129 e. The van der Waals surface area contributed by atoms with Gasteiger partial charge in [0.2, 0.25) is 0 Å². The molecule has 0 unspecified atom stereocenters. The molecule has 0 nitrogen and oxygen atoms in total. The van der Waals surface area contributed by atoms with E-state index in [-0.39, 0.29) is 5.82 Å². The summed E-state index contributed by atoms with van der Waals surface area (Å²) >= 11 is 0. The van der Waals surface area contributed by atoms with Gasteiger partial charge in [-0.3, -0.25) is 0 Å². The van der Waals surface area contributed by atoms with E-state index >= 15 is 0 Å². The van der Waals surface area contributed by atoms with Crippen LogP contribution in [0.4, 0.5) is 8.78 Å². The predicted molar refractivity (Wildman–Crippen MR) is 110 cm³/mol. The summed E-state index contributed by atoms with van der Waals surface area (Å²) in [5, 5.41) is 0. The monoisotopic (exact) mass is 362 g/mol. The molecule has 0 fully saturated rings. The van der Waals surface area contributed by atoms with E-state index < -0.39 is 6.17 Å². The van der Waals surface area contributed by atoms with Gasteiger partial charge in [0.05, 0.1) is 0 Å². The van der Waals surface area contributed by atoms with E-state index in [1.54, 1.807) is 6.07 Å². The lowest BCUT2D eigenvalue weighted by Crippen LogP contribution is -1.96. The third-order valence-electron chi connectivity index (χ3n) is 4.62. The Labute approximate surface area is 160 Å². The summed E-state index contributed by atoms with van der Waals surface area (Å²) in [6.45, 7) is 2.04. The number of benzene rings is 3. The summed E-state index contributed by atoms with van der Waals surface area (Å²) in [4.78, 5) is 0. The molecule has 0 aliphatic rings. The zero-order valence-corrected chi connectivity index (χ0v) is 15.5. The molecule has 138 valence electrons. The average molecular weight is 362 g/mol. The molecule has 0 aromatic heterocycles. The van der Waals surface area contributed by atoms with Crippen molar-refractivity contribution in [2.75, 3.05) is 0 Å². The van der Waals surface area contributed by atoms with E-state index in [0.29, 0.717) is 12.0 Å². The Bertz CT molecular complexity index is 880. The number of halogens is 2. The van der Waals surface area contributed by atoms with Gasteiger partial charge in [0.15, 0.2) is 0 Å². The second kappa shape index (κ2) is 9.27. The van der Waals surface area contributed by atoms with E-state index in [2.05, 4.69) is 0 Å². The molecule has 0 saturated heterocycles. The van der Waals surface area contributed by atoms with Crippen LogP contribution in [0.15, 0.2) is 72.8 Å². The van der Waals surface area contributed by atoms with E-state index in [1.165, 1.54) is 0 Å². The fourth-order valence-corrected chi connectivity index (χ4v) is 3.08. The number of alkyl halides is 1. The van der Waals surface area contributed by atoms with Crippen molar-refractivity contribution in [2.45, 2.75) is 32.4 Å². The van der Waals surface area contributed by atoms with Crippen LogP contribution in [-0.2, 0) is 12.8 Å². The first kappa shape index (κ1) is 19.0. The Morgan fingerprint density at radius 2 is 1.52 bits per heavy atom. The van der Waals surface area contributed by atoms with Crippen LogP contribution in [0.1, 0.15) is 47.3 Å². The molecule has 3 rings (SSSR count). The maximum atomic E-state index is 14.4. The van der Waals surface area contributed by atoms with Gasteiger partial charge in [-0.1, -0.05) is 92.2 Å². The first-order valence-corrected chi connectivity index (χ1v) is 9.40. The molecule has 0 heterocycles. The van der Waals surface area contributed by atoms with Crippen LogP contribution in [0.25, 0.3) is 12.2 Å². The Balaban J connectivity index is 1.63. The fourth-order valence-electron chi connectivity index (χ4n) is 3.08. The summed E-state index contributed by atoms with van der Waals surface area (Å²) in [5.41, 5.74) is 4.27. The lowest BCUT2D eigenvalue weighted by Gasteiger charge is -2.08. The van der Waals surface area contributed by atoms with Crippen LogP contribution in [0.5, 0.6) is 0 Å². The second-order valence-corrected chi connectivity index (χ2v) is 6.76. The molecular formula is C25H24F2. The van der Waals surface area contributed by atoms with E-state index in [4.69, 9.17) is 0 Å². The van der Waals surface area contributed by atoms with Crippen LogP contribution < -0.4 is 0 Å². The number of aryl methyl sites for hydroxylation is 1. The van der Waals surface area contributed by atoms with Crippen molar-refractivity contribution < 1.29 is 8.78 Å². The quantitative estimate of drug-likeness (QED) is 0.390. The molecule has 0 bridgehead atoms. The zero-order chi connectivity index (χ0) is 19.1.